The van der Waals surface area contributed by atoms with E-state index in [1.54, 1.807) is 0 Å². The third-order valence-electron chi connectivity index (χ3n) is 3.18. The molecule has 0 saturated carbocycles. The van der Waals surface area contributed by atoms with Gasteiger partial charge in [-0.2, -0.15) is 12.6 Å². The Morgan fingerprint density at radius 3 is 2.09 bits per heavy atom. The van der Waals surface area contributed by atoms with Gasteiger partial charge < -0.3 is 4.42 Å². The molecule has 3 nitrogen and oxygen atoms in total. The highest BCUT2D eigenvalue weighted by molar-refractivity contribution is 7.81. The Balaban J connectivity index is 2.17. The van der Waals surface area contributed by atoms with Gasteiger partial charge in [0.15, 0.2) is 11.0 Å². The molecule has 0 aliphatic rings. The summed E-state index contributed by atoms with van der Waals surface area (Å²) in [5.74, 6) is 0.791. The Labute approximate surface area is 138 Å². The fraction of sp³-hybridized carbons (Fsp3) is 0.0588. The van der Waals surface area contributed by atoms with Crippen molar-refractivity contribution in [1.82, 2.24) is 4.98 Å². The van der Waals surface area contributed by atoms with Crippen molar-refractivity contribution in [3.63, 3.8) is 0 Å². The van der Waals surface area contributed by atoms with E-state index in [1.807, 2.05) is 60.7 Å². The number of rotatable bonds is 4. The van der Waals surface area contributed by atoms with Gasteiger partial charge in [0.05, 0.1) is 0 Å². The molecular formula is C17H12ClNO2S. The molecule has 0 bridgehead atoms. The largest absolute Gasteiger partial charge is 0.438 e. The zero-order chi connectivity index (χ0) is 15.5. The van der Waals surface area contributed by atoms with Gasteiger partial charge >= 0.3 is 0 Å². The molecule has 2 aromatic carbocycles. The summed E-state index contributed by atoms with van der Waals surface area (Å²) in [5, 5.41) is -1.51. The van der Waals surface area contributed by atoms with E-state index < -0.39 is 10.5 Å². The average molecular weight is 330 g/mol. The van der Waals surface area contributed by atoms with Crippen molar-refractivity contribution in [2.75, 3.05) is 0 Å². The van der Waals surface area contributed by atoms with Crippen LogP contribution in [0.2, 0.25) is 0 Å². The molecule has 0 radical (unpaired) electrons. The van der Waals surface area contributed by atoms with Crippen LogP contribution in [0.25, 0.3) is 22.6 Å². The molecule has 0 aliphatic heterocycles. The minimum atomic E-state index is -0.887. The summed E-state index contributed by atoms with van der Waals surface area (Å²) in [6.45, 7) is 0. The van der Waals surface area contributed by atoms with Crippen molar-refractivity contribution in [3.05, 3.63) is 66.6 Å². The summed E-state index contributed by atoms with van der Waals surface area (Å²) in [6.07, 6.45) is 0. The summed E-state index contributed by atoms with van der Waals surface area (Å²) < 4.78 is 5.79. The Kier molecular flexibility index (Phi) is 4.32. The van der Waals surface area contributed by atoms with Crippen LogP contribution < -0.4 is 0 Å². The van der Waals surface area contributed by atoms with Crippen LogP contribution in [-0.2, 0) is 4.79 Å². The maximum absolute atomic E-state index is 11.3. The Bertz CT molecular complexity index is 730. The molecule has 1 unspecified atom stereocenters. The first kappa shape index (κ1) is 14.9. The lowest BCUT2D eigenvalue weighted by molar-refractivity contribution is -0.111. The second-order valence-electron chi connectivity index (χ2n) is 4.67. The highest BCUT2D eigenvalue weighted by Crippen LogP contribution is 2.35. The third-order valence-corrected chi connectivity index (χ3v) is 4.00. The highest BCUT2D eigenvalue weighted by Gasteiger charge is 2.24. The van der Waals surface area contributed by atoms with Crippen LogP contribution in [0.3, 0.4) is 0 Å². The predicted molar refractivity (Wildman–Crippen MR) is 90.0 cm³/mol. The summed E-state index contributed by atoms with van der Waals surface area (Å²) in [4.78, 5) is 15.8. The van der Waals surface area contributed by atoms with Gasteiger partial charge in [-0.05, 0) is 11.6 Å². The van der Waals surface area contributed by atoms with Crippen LogP contribution in [0.4, 0.5) is 0 Å². The zero-order valence-electron chi connectivity index (χ0n) is 11.4. The van der Waals surface area contributed by atoms with Gasteiger partial charge in [0.1, 0.15) is 5.69 Å². The van der Waals surface area contributed by atoms with Crippen LogP contribution in [0.1, 0.15) is 11.1 Å². The van der Waals surface area contributed by atoms with E-state index in [-0.39, 0.29) is 5.89 Å². The minimum Gasteiger partial charge on any atom is -0.438 e. The van der Waals surface area contributed by atoms with Gasteiger partial charge in [-0.1, -0.05) is 60.7 Å². The second-order valence-corrected chi connectivity index (χ2v) is 5.56. The smallest absolute Gasteiger partial charge is 0.243 e. The van der Waals surface area contributed by atoms with Gasteiger partial charge in [0.25, 0.3) is 0 Å². The standard InChI is InChI=1S/C17H12ClNO2S/c18-16(20)15(22)17-19-13(11-7-3-1-4-8-11)14(21-17)12-9-5-2-6-10-12/h1-10,15,22H. The Morgan fingerprint density at radius 1 is 1.00 bits per heavy atom. The van der Waals surface area contributed by atoms with E-state index in [4.69, 9.17) is 16.0 Å². The van der Waals surface area contributed by atoms with E-state index in [1.165, 1.54) is 0 Å². The van der Waals surface area contributed by atoms with Crippen molar-refractivity contribution in [2.24, 2.45) is 0 Å². The summed E-state index contributed by atoms with van der Waals surface area (Å²) in [7, 11) is 0. The van der Waals surface area contributed by atoms with Gasteiger partial charge in [-0.15, -0.1) is 0 Å². The first-order valence-electron chi connectivity index (χ1n) is 6.66. The third kappa shape index (κ3) is 2.93. The molecule has 110 valence electrons. The number of hydrogen-bond donors (Lipinski definition) is 1. The zero-order valence-corrected chi connectivity index (χ0v) is 13.1. The molecule has 1 aromatic heterocycles. The molecule has 0 N–H and O–H groups in total. The lowest BCUT2D eigenvalue weighted by atomic mass is 10.1. The average Bonchev–Trinajstić information content (AvgIpc) is 3.01. The normalized spacial score (nSPS) is 12.1. The van der Waals surface area contributed by atoms with Crippen molar-refractivity contribution in [2.45, 2.75) is 5.25 Å². The molecule has 3 rings (SSSR count). The molecule has 0 spiro atoms. The number of hydrogen-bond acceptors (Lipinski definition) is 4. The lowest BCUT2D eigenvalue weighted by Crippen LogP contribution is -1.99. The number of thiol groups is 1. The summed E-state index contributed by atoms with van der Waals surface area (Å²) in [5.41, 5.74) is 2.44. The van der Waals surface area contributed by atoms with Crippen LogP contribution in [0.15, 0.2) is 65.1 Å². The molecule has 0 saturated heterocycles. The predicted octanol–water partition coefficient (Wildman–Crippen LogP) is 4.74. The highest BCUT2D eigenvalue weighted by atomic mass is 35.5. The van der Waals surface area contributed by atoms with Crippen LogP contribution in [-0.4, -0.2) is 10.2 Å². The van der Waals surface area contributed by atoms with Gasteiger partial charge in [0, 0.05) is 11.1 Å². The molecule has 1 heterocycles. The van der Waals surface area contributed by atoms with E-state index in [0.29, 0.717) is 11.5 Å². The number of carbonyl (C=O) groups excluding carboxylic acids is 1. The fourth-order valence-electron chi connectivity index (χ4n) is 2.13. The summed E-state index contributed by atoms with van der Waals surface area (Å²) >= 11 is 9.66. The maximum Gasteiger partial charge on any atom is 0.243 e. The molecule has 5 heteroatoms. The first-order chi connectivity index (χ1) is 10.7. The van der Waals surface area contributed by atoms with Crippen molar-refractivity contribution < 1.29 is 9.21 Å². The van der Waals surface area contributed by atoms with E-state index in [9.17, 15) is 4.79 Å². The van der Waals surface area contributed by atoms with Crippen LogP contribution >= 0.6 is 24.2 Å². The molecule has 3 aromatic rings. The second kappa shape index (κ2) is 6.38. The van der Waals surface area contributed by atoms with Crippen molar-refractivity contribution >= 4 is 29.5 Å². The topological polar surface area (TPSA) is 43.1 Å². The number of oxazole rings is 1. The molecule has 22 heavy (non-hydrogen) atoms. The maximum atomic E-state index is 11.3. The van der Waals surface area contributed by atoms with Crippen molar-refractivity contribution in [1.29, 1.82) is 0 Å². The monoisotopic (exact) mass is 329 g/mol. The quantitative estimate of drug-likeness (QED) is 0.555. The minimum absolute atomic E-state index is 0.195. The van der Waals surface area contributed by atoms with Gasteiger partial charge in [0.2, 0.25) is 11.1 Å². The number of halogens is 1. The number of benzene rings is 2. The number of aromatic nitrogens is 1. The summed E-state index contributed by atoms with van der Waals surface area (Å²) in [6, 6.07) is 19.2. The molecule has 0 amide bonds. The lowest BCUT2D eigenvalue weighted by Gasteiger charge is -2.01. The van der Waals surface area contributed by atoms with E-state index in [2.05, 4.69) is 17.6 Å². The molecule has 0 fully saturated rings. The van der Waals surface area contributed by atoms with Crippen molar-refractivity contribution in [3.8, 4) is 22.6 Å². The molecule has 0 aliphatic carbocycles. The Morgan fingerprint density at radius 2 is 1.55 bits per heavy atom. The van der Waals surface area contributed by atoms with Gasteiger partial charge in [-0.3, -0.25) is 4.79 Å². The fourth-order valence-corrected chi connectivity index (χ4v) is 2.33. The number of carbonyl (C=O) groups is 1. The van der Waals surface area contributed by atoms with Crippen LogP contribution in [0, 0.1) is 0 Å². The van der Waals surface area contributed by atoms with E-state index >= 15 is 0 Å². The first-order valence-corrected chi connectivity index (χ1v) is 7.55. The SMILES string of the molecule is O=C(Cl)C(S)c1nc(-c2ccccc2)c(-c2ccccc2)o1. The number of nitrogens with zero attached hydrogens (tertiary/aromatic N) is 1. The molecular weight excluding hydrogens is 318 g/mol. The van der Waals surface area contributed by atoms with Gasteiger partial charge in [-0.25, -0.2) is 4.98 Å². The van der Waals surface area contributed by atoms with Crippen LogP contribution in [0.5, 0.6) is 0 Å². The van der Waals surface area contributed by atoms with E-state index in [0.717, 1.165) is 11.1 Å². The Hall–Kier alpha value is -2.04. The molecule has 1 atom stereocenters.